The van der Waals surface area contributed by atoms with E-state index >= 15 is 0 Å². The predicted molar refractivity (Wildman–Crippen MR) is 82.7 cm³/mol. The number of nitrogens with one attached hydrogen (secondary N) is 1. The Morgan fingerprint density at radius 3 is 2.79 bits per heavy atom. The van der Waals surface area contributed by atoms with E-state index in [1.165, 1.54) is 19.1 Å². The summed E-state index contributed by atoms with van der Waals surface area (Å²) in [7, 11) is -3.81. The lowest BCUT2D eigenvalue weighted by molar-refractivity contribution is 0.375. The van der Waals surface area contributed by atoms with Gasteiger partial charge in [0.1, 0.15) is 11.5 Å². The van der Waals surface area contributed by atoms with Crippen molar-refractivity contribution in [1.29, 1.82) is 0 Å². The Labute approximate surface area is 137 Å². The molecule has 3 rings (SSSR count). The van der Waals surface area contributed by atoms with Crippen LogP contribution in [-0.4, -0.2) is 23.5 Å². The summed E-state index contributed by atoms with van der Waals surface area (Å²) in [6.07, 6.45) is 1.59. The molecule has 2 aromatic heterocycles. The van der Waals surface area contributed by atoms with Crippen LogP contribution in [0.15, 0.2) is 52.0 Å². The number of hydrogen-bond donors (Lipinski definition) is 1. The van der Waals surface area contributed by atoms with Crippen molar-refractivity contribution in [2.24, 2.45) is 0 Å². The fraction of sp³-hybridized carbons (Fsp3) is 0.133. The van der Waals surface area contributed by atoms with Crippen LogP contribution in [-0.2, 0) is 16.6 Å². The lowest BCUT2D eigenvalue weighted by Gasteiger charge is -2.05. The van der Waals surface area contributed by atoms with E-state index in [0.29, 0.717) is 5.69 Å². The topological polar surface area (TPSA) is 98.0 Å². The zero-order valence-corrected chi connectivity index (χ0v) is 13.4. The number of benzene rings is 1. The average molecular weight is 348 g/mol. The van der Waals surface area contributed by atoms with Gasteiger partial charge in [-0.25, -0.2) is 17.5 Å². The molecule has 0 bridgehead atoms. The van der Waals surface area contributed by atoms with Gasteiger partial charge >= 0.3 is 0 Å². The van der Waals surface area contributed by atoms with Crippen molar-refractivity contribution < 1.29 is 17.3 Å². The Morgan fingerprint density at radius 2 is 2.08 bits per heavy atom. The molecule has 1 N–H and O–H groups in total. The van der Waals surface area contributed by atoms with Crippen LogP contribution in [0.3, 0.4) is 0 Å². The molecule has 9 heteroatoms. The van der Waals surface area contributed by atoms with Crippen LogP contribution in [0.25, 0.3) is 11.5 Å². The molecular formula is C15H13FN4O3S. The maximum absolute atomic E-state index is 13.2. The summed E-state index contributed by atoms with van der Waals surface area (Å²) in [5.41, 5.74) is 0.762. The first-order valence-corrected chi connectivity index (χ1v) is 8.44. The Hall–Kier alpha value is -2.65. The van der Waals surface area contributed by atoms with Crippen LogP contribution < -0.4 is 4.72 Å². The van der Waals surface area contributed by atoms with Crippen molar-refractivity contribution in [2.45, 2.75) is 18.4 Å². The summed E-state index contributed by atoms with van der Waals surface area (Å²) in [6, 6.07) is 8.79. The van der Waals surface area contributed by atoms with Gasteiger partial charge in [0.05, 0.1) is 11.4 Å². The molecule has 3 aromatic rings. The van der Waals surface area contributed by atoms with E-state index in [1.54, 1.807) is 24.4 Å². The first-order chi connectivity index (χ1) is 11.5. The van der Waals surface area contributed by atoms with Crippen molar-refractivity contribution in [3.63, 3.8) is 0 Å². The fourth-order valence-corrected chi connectivity index (χ4v) is 3.01. The Bertz CT molecular complexity index is 958. The van der Waals surface area contributed by atoms with Gasteiger partial charge in [-0.05, 0) is 42.8 Å². The van der Waals surface area contributed by atoms with Crippen LogP contribution in [0.2, 0.25) is 0 Å². The summed E-state index contributed by atoms with van der Waals surface area (Å²) in [4.78, 5) is 8.12. The predicted octanol–water partition coefficient (Wildman–Crippen LogP) is 2.06. The van der Waals surface area contributed by atoms with Crippen LogP contribution in [0.1, 0.15) is 11.5 Å². The lowest BCUT2D eigenvalue weighted by atomic mass is 10.2. The Balaban J connectivity index is 1.73. The number of sulfonamides is 1. The molecule has 0 saturated carbocycles. The standard InChI is InChI=1S/C15H13FN4O3S/c1-10-8-11(5-6-12(10)16)24(21,22)18-9-14-19-15(20-23-14)13-4-2-3-7-17-13/h2-8,18H,9H2,1H3. The summed E-state index contributed by atoms with van der Waals surface area (Å²) in [5.74, 6) is -0.105. The van der Waals surface area contributed by atoms with E-state index in [9.17, 15) is 12.8 Å². The van der Waals surface area contributed by atoms with Gasteiger partial charge in [-0.3, -0.25) is 4.98 Å². The Morgan fingerprint density at radius 1 is 1.25 bits per heavy atom. The van der Waals surface area contributed by atoms with E-state index in [1.807, 2.05) is 0 Å². The summed E-state index contributed by atoms with van der Waals surface area (Å²) in [6.45, 7) is 1.31. The van der Waals surface area contributed by atoms with Gasteiger partial charge in [0, 0.05) is 6.20 Å². The van der Waals surface area contributed by atoms with E-state index in [4.69, 9.17) is 4.52 Å². The highest BCUT2D eigenvalue weighted by Gasteiger charge is 2.17. The fourth-order valence-electron chi connectivity index (χ4n) is 1.95. The van der Waals surface area contributed by atoms with Gasteiger partial charge in [-0.15, -0.1) is 0 Å². The maximum atomic E-state index is 13.2. The molecule has 0 radical (unpaired) electrons. The third-order valence-electron chi connectivity index (χ3n) is 3.22. The SMILES string of the molecule is Cc1cc(S(=O)(=O)NCc2nc(-c3ccccn3)no2)ccc1F. The quantitative estimate of drug-likeness (QED) is 0.758. The number of pyridine rings is 1. The van der Waals surface area contributed by atoms with Gasteiger partial charge in [-0.2, -0.15) is 4.98 Å². The third kappa shape index (κ3) is 3.47. The monoisotopic (exact) mass is 348 g/mol. The largest absolute Gasteiger partial charge is 0.337 e. The first kappa shape index (κ1) is 16.2. The van der Waals surface area contributed by atoms with Crippen LogP contribution in [0.5, 0.6) is 0 Å². The molecule has 0 aliphatic carbocycles. The Kier molecular flexibility index (Phi) is 4.36. The van der Waals surface area contributed by atoms with Crippen LogP contribution >= 0.6 is 0 Å². The van der Waals surface area contributed by atoms with Gasteiger partial charge in [0.2, 0.25) is 21.7 Å². The van der Waals surface area contributed by atoms with Crippen molar-refractivity contribution in [3.8, 4) is 11.5 Å². The molecule has 0 amide bonds. The number of aromatic nitrogens is 3. The number of aryl methyl sites for hydroxylation is 1. The minimum Gasteiger partial charge on any atom is -0.337 e. The smallest absolute Gasteiger partial charge is 0.242 e. The highest BCUT2D eigenvalue weighted by atomic mass is 32.2. The zero-order chi connectivity index (χ0) is 17.2. The van der Waals surface area contributed by atoms with Crippen molar-refractivity contribution in [2.75, 3.05) is 0 Å². The molecule has 2 heterocycles. The number of nitrogens with zero attached hydrogens (tertiary/aromatic N) is 3. The van der Waals surface area contributed by atoms with Gasteiger partial charge in [0.15, 0.2) is 0 Å². The third-order valence-corrected chi connectivity index (χ3v) is 4.61. The van der Waals surface area contributed by atoms with E-state index < -0.39 is 15.8 Å². The van der Waals surface area contributed by atoms with E-state index in [-0.39, 0.29) is 28.7 Å². The first-order valence-electron chi connectivity index (χ1n) is 6.95. The van der Waals surface area contributed by atoms with Crippen molar-refractivity contribution >= 4 is 10.0 Å². The summed E-state index contributed by atoms with van der Waals surface area (Å²) in [5, 5.41) is 3.75. The summed E-state index contributed by atoms with van der Waals surface area (Å²) < 4.78 is 45.0. The zero-order valence-electron chi connectivity index (χ0n) is 12.6. The number of hydrogen-bond acceptors (Lipinski definition) is 6. The van der Waals surface area contributed by atoms with Crippen LogP contribution in [0.4, 0.5) is 4.39 Å². The second-order valence-corrected chi connectivity index (χ2v) is 6.73. The molecule has 0 fully saturated rings. The van der Waals surface area contributed by atoms with Gasteiger partial charge in [-0.1, -0.05) is 11.2 Å². The molecular weight excluding hydrogens is 335 g/mol. The van der Waals surface area contributed by atoms with Gasteiger partial charge in [0.25, 0.3) is 0 Å². The molecule has 0 spiro atoms. The normalized spacial score (nSPS) is 11.6. The highest BCUT2D eigenvalue weighted by Crippen LogP contribution is 2.15. The van der Waals surface area contributed by atoms with Crippen molar-refractivity contribution in [1.82, 2.24) is 19.8 Å². The molecule has 7 nitrogen and oxygen atoms in total. The molecule has 0 aliphatic heterocycles. The minimum atomic E-state index is -3.81. The second kappa shape index (κ2) is 6.46. The second-order valence-electron chi connectivity index (χ2n) is 4.96. The lowest BCUT2D eigenvalue weighted by Crippen LogP contribution is -2.23. The summed E-state index contributed by atoms with van der Waals surface area (Å²) >= 11 is 0. The number of halogens is 1. The highest BCUT2D eigenvalue weighted by molar-refractivity contribution is 7.89. The molecule has 0 aliphatic rings. The molecule has 1 aromatic carbocycles. The van der Waals surface area contributed by atoms with E-state index in [2.05, 4.69) is 19.8 Å². The van der Waals surface area contributed by atoms with Crippen molar-refractivity contribution in [3.05, 3.63) is 59.9 Å². The van der Waals surface area contributed by atoms with Gasteiger partial charge < -0.3 is 4.52 Å². The molecule has 124 valence electrons. The minimum absolute atomic E-state index is 0.0362. The molecule has 0 saturated heterocycles. The molecule has 24 heavy (non-hydrogen) atoms. The van der Waals surface area contributed by atoms with Crippen LogP contribution in [0, 0.1) is 12.7 Å². The average Bonchev–Trinajstić information content (AvgIpc) is 3.05. The molecule has 0 unspecified atom stereocenters. The van der Waals surface area contributed by atoms with E-state index in [0.717, 1.165) is 6.07 Å². The maximum Gasteiger partial charge on any atom is 0.242 e. The molecule has 0 atom stereocenters. The number of rotatable bonds is 5.